The van der Waals surface area contributed by atoms with Crippen molar-refractivity contribution in [3.63, 3.8) is 0 Å². The molecule has 0 saturated heterocycles. The Morgan fingerprint density at radius 1 is 1.61 bits per heavy atom. The summed E-state index contributed by atoms with van der Waals surface area (Å²) in [4.78, 5) is 11.3. The molecule has 23 heavy (non-hydrogen) atoms. The number of hydrogen-bond acceptors (Lipinski definition) is 3. The number of aromatic nitrogens is 1. The Kier molecular flexibility index (Phi) is 4.63. The summed E-state index contributed by atoms with van der Waals surface area (Å²) >= 11 is 14.9. The Balaban J connectivity index is 2.15. The molecule has 120 valence electrons. The molecule has 0 spiro atoms. The molecule has 3 rings (SSSR count). The molecule has 0 unspecified atom stereocenters. The SMILES string of the molecule is CC(=O)N[C@H]1Cc2c(I)c3c(OCC#N)cc(Cl)c(Cl)c3n2C1. The first kappa shape index (κ1) is 16.7. The number of nitrogens with one attached hydrogen (secondary N) is 1. The van der Waals surface area contributed by atoms with Crippen molar-refractivity contribution in [2.75, 3.05) is 6.61 Å². The normalized spacial score (nSPS) is 16.2. The van der Waals surface area contributed by atoms with Crippen LogP contribution in [0.5, 0.6) is 5.75 Å². The number of halogens is 3. The van der Waals surface area contributed by atoms with Gasteiger partial charge in [-0.3, -0.25) is 4.79 Å². The Morgan fingerprint density at radius 2 is 2.35 bits per heavy atom. The van der Waals surface area contributed by atoms with Crippen LogP contribution in [0.25, 0.3) is 10.9 Å². The van der Waals surface area contributed by atoms with E-state index in [9.17, 15) is 4.79 Å². The van der Waals surface area contributed by atoms with E-state index in [1.807, 2.05) is 6.07 Å². The van der Waals surface area contributed by atoms with Gasteiger partial charge in [-0.05, 0) is 22.6 Å². The molecular formula is C15H12Cl2IN3O2. The van der Waals surface area contributed by atoms with Gasteiger partial charge in [0.1, 0.15) is 11.8 Å². The lowest BCUT2D eigenvalue weighted by molar-refractivity contribution is -0.119. The maximum Gasteiger partial charge on any atom is 0.217 e. The van der Waals surface area contributed by atoms with Gasteiger partial charge in [0.15, 0.2) is 6.61 Å². The van der Waals surface area contributed by atoms with Gasteiger partial charge in [0.25, 0.3) is 0 Å². The van der Waals surface area contributed by atoms with Gasteiger partial charge in [0, 0.05) is 35.2 Å². The molecule has 1 N–H and O–H groups in total. The third kappa shape index (κ3) is 2.86. The summed E-state index contributed by atoms with van der Waals surface area (Å²) in [6, 6.07) is 3.64. The molecule has 0 radical (unpaired) electrons. The number of nitrogens with zero attached hydrogens (tertiary/aromatic N) is 2. The van der Waals surface area contributed by atoms with Gasteiger partial charge in [-0.15, -0.1) is 0 Å². The summed E-state index contributed by atoms with van der Waals surface area (Å²) in [6.07, 6.45) is 0.720. The van der Waals surface area contributed by atoms with Gasteiger partial charge in [0.05, 0.1) is 27.0 Å². The fourth-order valence-corrected chi connectivity index (χ4v) is 4.45. The smallest absolute Gasteiger partial charge is 0.217 e. The maximum absolute atomic E-state index is 11.3. The van der Waals surface area contributed by atoms with E-state index in [1.54, 1.807) is 6.07 Å². The van der Waals surface area contributed by atoms with Crippen LogP contribution in [0.3, 0.4) is 0 Å². The van der Waals surface area contributed by atoms with E-state index in [1.165, 1.54) is 6.92 Å². The molecule has 1 aliphatic rings. The molecule has 1 amide bonds. The zero-order chi connectivity index (χ0) is 16.7. The molecule has 1 aliphatic heterocycles. The molecule has 0 saturated carbocycles. The van der Waals surface area contributed by atoms with Crippen LogP contribution in [0.1, 0.15) is 12.6 Å². The van der Waals surface area contributed by atoms with Crippen LogP contribution in [-0.4, -0.2) is 23.1 Å². The topological polar surface area (TPSA) is 67.0 Å². The van der Waals surface area contributed by atoms with Gasteiger partial charge < -0.3 is 14.6 Å². The minimum atomic E-state index is -0.0574. The monoisotopic (exact) mass is 463 g/mol. The molecule has 1 aromatic heterocycles. The highest BCUT2D eigenvalue weighted by atomic mass is 127. The van der Waals surface area contributed by atoms with Crippen LogP contribution in [-0.2, 0) is 17.8 Å². The number of hydrogen-bond donors (Lipinski definition) is 1. The number of carbonyl (C=O) groups is 1. The Bertz CT molecular complexity index is 857. The summed E-state index contributed by atoms with van der Waals surface area (Å²) in [5.41, 5.74) is 1.88. The van der Waals surface area contributed by atoms with E-state index >= 15 is 0 Å². The van der Waals surface area contributed by atoms with E-state index in [-0.39, 0.29) is 18.6 Å². The van der Waals surface area contributed by atoms with E-state index in [0.717, 1.165) is 26.6 Å². The summed E-state index contributed by atoms with van der Waals surface area (Å²) < 4.78 is 8.61. The average Bonchev–Trinajstić information content (AvgIpc) is 2.99. The second-order valence-corrected chi connectivity index (χ2v) is 7.18. The molecule has 8 heteroatoms. The number of benzene rings is 1. The molecule has 0 fully saturated rings. The van der Waals surface area contributed by atoms with Gasteiger partial charge in [-0.1, -0.05) is 23.2 Å². The van der Waals surface area contributed by atoms with Gasteiger partial charge >= 0.3 is 0 Å². The minimum absolute atomic E-state index is 0.0407. The highest BCUT2D eigenvalue weighted by Crippen LogP contribution is 2.44. The van der Waals surface area contributed by atoms with Crippen molar-refractivity contribution < 1.29 is 9.53 Å². The molecule has 5 nitrogen and oxygen atoms in total. The van der Waals surface area contributed by atoms with Crippen LogP contribution >= 0.6 is 45.8 Å². The number of ether oxygens (including phenoxy) is 1. The summed E-state index contributed by atoms with van der Waals surface area (Å²) in [7, 11) is 0. The third-order valence-electron chi connectivity index (χ3n) is 3.77. The number of nitriles is 1. The number of carbonyl (C=O) groups excluding carboxylic acids is 1. The first-order chi connectivity index (χ1) is 10.9. The van der Waals surface area contributed by atoms with Gasteiger partial charge in [-0.2, -0.15) is 5.26 Å². The Hall–Kier alpha value is -1.17. The third-order valence-corrected chi connectivity index (χ3v) is 5.71. The summed E-state index contributed by atoms with van der Waals surface area (Å²) in [6.45, 7) is 2.08. The molecule has 1 aromatic carbocycles. The van der Waals surface area contributed by atoms with Crippen molar-refractivity contribution in [3.05, 3.63) is 25.4 Å². The van der Waals surface area contributed by atoms with Crippen LogP contribution in [0, 0.1) is 14.9 Å². The lowest BCUT2D eigenvalue weighted by Crippen LogP contribution is -2.34. The molecule has 0 aliphatic carbocycles. The van der Waals surface area contributed by atoms with Crippen molar-refractivity contribution >= 4 is 62.6 Å². The lowest BCUT2D eigenvalue weighted by atomic mass is 10.1. The highest BCUT2D eigenvalue weighted by molar-refractivity contribution is 14.1. The summed E-state index contributed by atoms with van der Waals surface area (Å²) in [5.74, 6) is 0.501. The Labute approximate surface area is 156 Å². The second-order valence-electron chi connectivity index (χ2n) is 5.31. The van der Waals surface area contributed by atoms with Crippen molar-refractivity contribution in [1.82, 2.24) is 9.88 Å². The first-order valence-corrected chi connectivity index (χ1v) is 8.73. The van der Waals surface area contributed by atoms with E-state index in [4.69, 9.17) is 33.2 Å². The predicted molar refractivity (Wildman–Crippen MR) is 97.1 cm³/mol. The Morgan fingerprint density at radius 3 is 3.00 bits per heavy atom. The van der Waals surface area contributed by atoms with E-state index in [0.29, 0.717) is 22.3 Å². The first-order valence-electron chi connectivity index (χ1n) is 6.89. The van der Waals surface area contributed by atoms with Gasteiger partial charge in [-0.25, -0.2) is 0 Å². The van der Waals surface area contributed by atoms with Crippen LogP contribution in [0.15, 0.2) is 6.07 Å². The van der Waals surface area contributed by atoms with Crippen molar-refractivity contribution in [3.8, 4) is 11.8 Å². The van der Waals surface area contributed by atoms with Gasteiger partial charge in [0.2, 0.25) is 5.91 Å². The fraction of sp³-hybridized carbons (Fsp3) is 0.333. The number of rotatable bonds is 3. The highest BCUT2D eigenvalue weighted by Gasteiger charge is 2.30. The standard InChI is InChI=1S/C15H12Cl2IN3O2/c1-7(22)20-8-4-10-14(18)12-11(23-3-2-19)5-9(16)13(17)15(12)21(10)6-8/h5,8H,3-4,6H2,1H3,(H,20,22)/t8-/m0/s1. The van der Waals surface area contributed by atoms with Crippen molar-refractivity contribution in [1.29, 1.82) is 5.26 Å². The average molecular weight is 464 g/mol. The predicted octanol–water partition coefficient (Wildman–Crippen LogP) is 3.52. The zero-order valence-corrected chi connectivity index (χ0v) is 15.8. The lowest BCUT2D eigenvalue weighted by Gasteiger charge is -2.13. The molecular weight excluding hydrogens is 452 g/mol. The second kappa shape index (κ2) is 6.38. The van der Waals surface area contributed by atoms with Crippen molar-refractivity contribution in [2.45, 2.75) is 25.9 Å². The maximum atomic E-state index is 11.3. The summed E-state index contributed by atoms with van der Waals surface area (Å²) in [5, 5.41) is 13.4. The van der Waals surface area contributed by atoms with Crippen LogP contribution in [0.2, 0.25) is 10.0 Å². The van der Waals surface area contributed by atoms with E-state index < -0.39 is 0 Å². The number of fused-ring (bicyclic) bond motifs is 3. The molecule has 2 heterocycles. The molecule has 2 aromatic rings. The zero-order valence-electron chi connectivity index (χ0n) is 12.1. The quantitative estimate of drug-likeness (QED) is 0.708. The van der Waals surface area contributed by atoms with Crippen molar-refractivity contribution in [2.24, 2.45) is 0 Å². The minimum Gasteiger partial charge on any atom is -0.478 e. The molecule has 0 bridgehead atoms. The largest absolute Gasteiger partial charge is 0.478 e. The molecule has 1 atom stereocenters. The van der Waals surface area contributed by atoms with Crippen LogP contribution in [0.4, 0.5) is 0 Å². The van der Waals surface area contributed by atoms with E-state index in [2.05, 4.69) is 32.5 Å². The van der Waals surface area contributed by atoms with Crippen LogP contribution < -0.4 is 10.1 Å². The fourth-order valence-electron chi connectivity index (χ4n) is 2.98. The number of amides is 1.